The van der Waals surface area contributed by atoms with Gasteiger partial charge in [0.2, 0.25) is 0 Å². The summed E-state index contributed by atoms with van der Waals surface area (Å²) in [6.07, 6.45) is 2.10. The normalized spacial score (nSPS) is 10.7. The minimum Gasteiger partial charge on any atom is -0.352 e. The molecule has 25 heavy (non-hydrogen) atoms. The van der Waals surface area contributed by atoms with Crippen molar-refractivity contribution in [1.82, 2.24) is 15.1 Å². The molecule has 1 heterocycles. The first-order valence-electron chi connectivity index (χ1n) is 7.88. The molecule has 0 fully saturated rings. The average molecular weight is 341 g/mol. The molecule has 0 radical (unpaired) electrons. The van der Waals surface area contributed by atoms with Crippen LogP contribution in [0.25, 0.3) is 5.69 Å². The highest BCUT2D eigenvalue weighted by molar-refractivity contribution is 5.95. The predicted octanol–water partition coefficient (Wildman–Crippen LogP) is 3.43. The van der Waals surface area contributed by atoms with Crippen LogP contribution in [0.15, 0.2) is 54.7 Å². The summed E-state index contributed by atoms with van der Waals surface area (Å²) in [6, 6.07) is 12.1. The van der Waals surface area contributed by atoms with E-state index in [-0.39, 0.29) is 17.5 Å². The summed E-state index contributed by atoms with van der Waals surface area (Å²) in [7, 11) is 0. The SMILES string of the molecule is Cc1c(C(=O)NCCc2ccc(F)cc2)cnn1-c1ccc(F)cc1. The molecule has 1 N–H and O–H groups in total. The Kier molecular flexibility index (Phi) is 4.88. The lowest BCUT2D eigenvalue weighted by Crippen LogP contribution is -2.26. The Morgan fingerprint density at radius 2 is 1.64 bits per heavy atom. The van der Waals surface area contributed by atoms with Crippen molar-refractivity contribution >= 4 is 5.91 Å². The number of carbonyl (C=O) groups is 1. The average Bonchev–Trinajstić information content (AvgIpc) is 2.99. The van der Waals surface area contributed by atoms with Gasteiger partial charge in [-0.1, -0.05) is 12.1 Å². The lowest BCUT2D eigenvalue weighted by molar-refractivity contribution is 0.0953. The van der Waals surface area contributed by atoms with E-state index < -0.39 is 0 Å². The summed E-state index contributed by atoms with van der Waals surface area (Å²) in [5, 5.41) is 7.04. The lowest BCUT2D eigenvalue weighted by Gasteiger charge is -2.07. The molecule has 0 saturated carbocycles. The monoisotopic (exact) mass is 341 g/mol. The molecule has 6 heteroatoms. The molecular formula is C19H17F2N3O. The fourth-order valence-corrected chi connectivity index (χ4v) is 2.54. The lowest BCUT2D eigenvalue weighted by atomic mass is 10.1. The number of nitrogens with one attached hydrogen (secondary N) is 1. The van der Waals surface area contributed by atoms with Crippen molar-refractivity contribution in [2.24, 2.45) is 0 Å². The molecule has 0 unspecified atom stereocenters. The quantitative estimate of drug-likeness (QED) is 0.773. The van der Waals surface area contributed by atoms with Crippen LogP contribution in [0.3, 0.4) is 0 Å². The zero-order chi connectivity index (χ0) is 17.8. The maximum atomic E-state index is 13.0. The third-order valence-corrected chi connectivity index (χ3v) is 3.94. The number of carbonyl (C=O) groups excluding carboxylic acids is 1. The van der Waals surface area contributed by atoms with Crippen LogP contribution in [-0.2, 0) is 6.42 Å². The van der Waals surface area contributed by atoms with Crippen LogP contribution < -0.4 is 5.32 Å². The van der Waals surface area contributed by atoms with Crippen molar-refractivity contribution in [3.05, 3.63) is 83.2 Å². The number of halogens is 2. The molecule has 3 aromatic rings. The summed E-state index contributed by atoms with van der Waals surface area (Å²) in [4.78, 5) is 12.3. The first kappa shape index (κ1) is 16.8. The second kappa shape index (κ2) is 7.25. The van der Waals surface area contributed by atoms with E-state index in [0.29, 0.717) is 29.9 Å². The van der Waals surface area contributed by atoms with E-state index in [2.05, 4.69) is 10.4 Å². The number of nitrogens with zero attached hydrogens (tertiary/aromatic N) is 2. The number of amides is 1. The summed E-state index contributed by atoms with van der Waals surface area (Å²) in [5.41, 5.74) is 2.76. The molecule has 0 bridgehead atoms. The van der Waals surface area contributed by atoms with Gasteiger partial charge in [0.1, 0.15) is 11.6 Å². The van der Waals surface area contributed by atoms with Crippen molar-refractivity contribution in [2.75, 3.05) is 6.54 Å². The molecular weight excluding hydrogens is 324 g/mol. The molecule has 0 aliphatic rings. The van der Waals surface area contributed by atoms with Crippen LogP contribution in [0.2, 0.25) is 0 Å². The van der Waals surface area contributed by atoms with Crippen molar-refractivity contribution in [2.45, 2.75) is 13.3 Å². The van der Waals surface area contributed by atoms with Gasteiger partial charge in [-0.15, -0.1) is 0 Å². The minimum atomic E-state index is -0.327. The second-order valence-electron chi connectivity index (χ2n) is 5.66. The van der Waals surface area contributed by atoms with E-state index in [9.17, 15) is 13.6 Å². The Morgan fingerprint density at radius 1 is 1.04 bits per heavy atom. The number of hydrogen-bond donors (Lipinski definition) is 1. The summed E-state index contributed by atoms with van der Waals surface area (Å²) >= 11 is 0. The van der Waals surface area contributed by atoms with Crippen molar-refractivity contribution < 1.29 is 13.6 Å². The highest BCUT2D eigenvalue weighted by atomic mass is 19.1. The summed E-state index contributed by atoms with van der Waals surface area (Å²) in [6.45, 7) is 2.22. The third kappa shape index (κ3) is 3.91. The molecule has 4 nitrogen and oxygen atoms in total. The van der Waals surface area contributed by atoms with E-state index in [4.69, 9.17) is 0 Å². The Bertz CT molecular complexity index is 871. The second-order valence-corrected chi connectivity index (χ2v) is 5.66. The first-order valence-corrected chi connectivity index (χ1v) is 7.88. The minimum absolute atomic E-state index is 0.229. The van der Waals surface area contributed by atoms with Crippen molar-refractivity contribution in [3.8, 4) is 5.69 Å². The molecule has 0 atom stereocenters. The molecule has 128 valence electrons. The highest BCUT2D eigenvalue weighted by Gasteiger charge is 2.14. The van der Waals surface area contributed by atoms with Crippen molar-refractivity contribution in [1.29, 1.82) is 0 Å². The molecule has 3 rings (SSSR count). The predicted molar refractivity (Wildman–Crippen MR) is 90.7 cm³/mol. The maximum Gasteiger partial charge on any atom is 0.254 e. The van der Waals surface area contributed by atoms with E-state index in [0.717, 1.165) is 5.56 Å². The van der Waals surface area contributed by atoms with E-state index in [1.54, 1.807) is 35.9 Å². The van der Waals surface area contributed by atoms with Gasteiger partial charge in [0.15, 0.2) is 0 Å². The summed E-state index contributed by atoms with van der Waals surface area (Å²) < 4.78 is 27.5. The van der Waals surface area contributed by atoms with Crippen LogP contribution in [0.1, 0.15) is 21.6 Å². The van der Waals surface area contributed by atoms with Crippen LogP contribution in [0, 0.1) is 18.6 Å². The Morgan fingerprint density at radius 3 is 2.28 bits per heavy atom. The number of hydrogen-bond acceptors (Lipinski definition) is 2. The fraction of sp³-hybridized carbons (Fsp3) is 0.158. The van der Waals surface area contributed by atoms with E-state index in [1.165, 1.54) is 30.5 Å². The number of rotatable bonds is 5. The van der Waals surface area contributed by atoms with Crippen molar-refractivity contribution in [3.63, 3.8) is 0 Å². The van der Waals surface area contributed by atoms with Gasteiger partial charge in [-0.05, 0) is 55.3 Å². The zero-order valence-corrected chi connectivity index (χ0v) is 13.7. The van der Waals surface area contributed by atoms with Crippen LogP contribution in [0.4, 0.5) is 8.78 Å². The molecule has 0 spiro atoms. The summed E-state index contributed by atoms with van der Waals surface area (Å²) in [5.74, 6) is -0.836. The highest BCUT2D eigenvalue weighted by Crippen LogP contribution is 2.14. The standard InChI is InChI=1S/C19H17F2N3O/c1-13-18(12-23-24(13)17-8-6-16(21)7-9-17)19(25)22-11-10-14-2-4-15(20)5-3-14/h2-9,12H,10-11H2,1H3,(H,22,25). The van der Waals surface area contributed by atoms with E-state index in [1.807, 2.05) is 0 Å². The topological polar surface area (TPSA) is 46.9 Å². The smallest absolute Gasteiger partial charge is 0.254 e. The zero-order valence-electron chi connectivity index (χ0n) is 13.7. The number of aromatic nitrogens is 2. The molecule has 0 aliphatic carbocycles. The van der Waals surface area contributed by atoms with Crippen LogP contribution >= 0.6 is 0 Å². The Labute approximate surface area is 144 Å². The van der Waals surface area contributed by atoms with Crippen LogP contribution in [-0.4, -0.2) is 22.2 Å². The van der Waals surface area contributed by atoms with Gasteiger partial charge in [0.05, 0.1) is 23.1 Å². The molecule has 0 saturated heterocycles. The largest absolute Gasteiger partial charge is 0.352 e. The Balaban J connectivity index is 1.64. The van der Waals surface area contributed by atoms with Gasteiger partial charge in [-0.3, -0.25) is 4.79 Å². The Hall–Kier alpha value is -3.02. The van der Waals surface area contributed by atoms with Crippen LogP contribution in [0.5, 0.6) is 0 Å². The number of benzene rings is 2. The van der Waals surface area contributed by atoms with Gasteiger partial charge in [0.25, 0.3) is 5.91 Å². The molecule has 2 aromatic carbocycles. The van der Waals surface area contributed by atoms with E-state index >= 15 is 0 Å². The maximum absolute atomic E-state index is 13.0. The molecule has 0 aliphatic heterocycles. The van der Waals surface area contributed by atoms with Gasteiger partial charge in [-0.2, -0.15) is 5.10 Å². The molecule has 1 amide bonds. The molecule has 1 aromatic heterocycles. The van der Waals surface area contributed by atoms with Gasteiger partial charge in [-0.25, -0.2) is 13.5 Å². The van der Waals surface area contributed by atoms with Gasteiger partial charge < -0.3 is 5.32 Å². The fourth-order valence-electron chi connectivity index (χ4n) is 2.54. The first-order chi connectivity index (χ1) is 12.0. The third-order valence-electron chi connectivity index (χ3n) is 3.94. The van der Waals surface area contributed by atoms with Gasteiger partial charge in [0, 0.05) is 6.54 Å². The van der Waals surface area contributed by atoms with Gasteiger partial charge >= 0.3 is 0 Å².